The van der Waals surface area contributed by atoms with Gasteiger partial charge in [-0.1, -0.05) is 38.0 Å². The van der Waals surface area contributed by atoms with E-state index in [9.17, 15) is 0 Å². The van der Waals surface area contributed by atoms with Crippen LogP contribution in [-0.4, -0.2) is 13.1 Å². The van der Waals surface area contributed by atoms with E-state index < -0.39 is 0 Å². The largest absolute Gasteiger partial charge is 0.317 e. The molecule has 1 aromatic carbocycles. The first-order valence-electron chi connectivity index (χ1n) is 6.47. The monoisotopic (exact) mass is 247 g/mol. The molecule has 1 nitrogen and oxygen atoms in total. The zero-order chi connectivity index (χ0) is 12.1. The number of hydrogen-bond acceptors (Lipinski definition) is 2. The zero-order valence-corrected chi connectivity index (χ0v) is 11.5. The van der Waals surface area contributed by atoms with E-state index in [0.717, 1.165) is 6.42 Å². The number of fused-ring (bicyclic) bond motifs is 1. The fourth-order valence-electron chi connectivity index (χ4n) is 2.26. The molecule has 2 heteroatoms. The number of benzene rings is 1. The lowest BCUT2D eigenvalue weighted by Gasteiger charge is -2.15. The van der Waals surface area contributed by atoms with Crippen LogP contribution in [0.5, 0.6) is 0 Å². The van der Waals surface area contributed by atoms with Crippen LogP contribution in [0.1, 0.15) is 31.7 Å². The fraction of sp³-hybridized carbons (Fsp3) is 0.467. The van der Waals surface area contributed by atoms with E-state index in [2.05, 4.69) is 48.9 Å². The van der Waals surface area contributed by atoms with Crippen LogP contribution in [0.4, 0.5) is 0 Å². The molecular weight excluding hydrogens is 226 g/mol. The summed E-state index contributed by atoms with van der Waals surface area (Å²) >= 11 is 1.86. The summed E-state index contributed by atoms with van der Waals surface area (Å²) in [6, 6.07) is 9.33. The summed E-state index contributed by atoms with van der Waals surface area (Å²) in [7, 11) is 2.08. The molecule has 0 bridgehead atoms. The predicted molar refractivity (Wildman–Crippen MR) is 77.9 cm³/mol. The number of unbranched alkanes of at least 4 members (excludes halogenated alkanes) is 1. The maximum absolute atomic E-state index is 3.44. The molecule has 0 saturated carbocycles. The average Bonchev–Trinajstić information content (AvgIpc) is 2.78. The van der Waals surface area contributed by atoms with Crippen LogP contribution in [0.2, 0.25) is 0 Å². The summed E-state index contributed by atoms with van der Waals surface area (Å²) in [4.78, 5) is 0. The van der Waals surface area contributed by atoms with Gasteiger partial charge in [0.2, 0.25) is 0 Å². The minimum atomic E-state index is 0.618. The van der Waals surface area contributed by atoms with E-state index in [1.807, 2.05) is 11.3 Å². The summed E-state index contributed by atoms with van der Waals surface area (Å²) in [6.45, 7) is 2.26. The van der Waals surface area contributed by atoms with E-state index in [-0.39, 0.29) is 0 Å². The average molecular weight is 247 g/mol. The van der Waals surface area contributed by atoms with Gasteiger partial charge in [-0.25, -0.2) is 0 Å². The minimum absolute atomic E-state index is 0.618. The van der Waals surface area contributed by atoms with Gasteiger partial charge < -0.3 is 5.32 Å². The highest BCUT2D eigenvalue weighted by Gasteiger charge is 2.10. The quantitative estimate of drug-likeness (QED) is 0.806. The molecule has 2 aromatic rings. The predicted octanol–water partition coefficient (Wildman–Crippen LogP) is 4.22. The molecule has 0 aliphatic carbocycles. The molecule has 1 atom stereocenters. The zero-order valence-electron chi connectivity index (χ0n) is 10.7. The lowest BCUT2D eigenvalue weighted by Crippen LogP contribution is -2.27. The highest BCUT2D eigenvalue weighted by atomic mass is 32.1. The summed E-state index contributed by atoms with van der Waals surface area (Å²) in [5.41, 5.74) is 1.50. The molecule has 0 fully saturated rings. The second-order valence-electron chi connectivity index (χ2n) is 4.59. The van der Waals surface area contributed by atoms with Crippen molar-refractivity contribution in [3.63, 3.8) is 0 Å². The highest BCUT2D eigenvalue weighted by molar-refractivity contribution is 7.17. The van der Waals surface area contributed by atoms with Crippen LogP contribution in [0.25, 0.3) is 10.1 Å². The topological polar surface area (TPSA) is 12.0 Å². The normalized spacial score (nSPS) is 13.1. The van der Waals surface area contributed by atoms with Gasteiger partial charge in [0.05, 0.1) is 0 Å². The maximum Gasteiger partial charge on any atom is 0.0345 e. The Labute approximate surface area is 108 Å². The number of likely N-dealkylation sites (N-methyl/N-ethyl adjacent to an activating group) is 1. The van der Waals surface area contributed by atoms with Crippen LogP contribution in [0.15, 0.2) is 29.6 Å². The molecule has 2 rings (SSSR count). The van der Waals surface area contributed by atoms with Crippen LogP contribution >= 0.6 is 11.3 Å². The van der Waals surface area contributed by atoms with Gasteiger partial charge in [-0.3, -0.25) is 0 Å². The molecule has 0 aliphatic heterocycles. The van der Waals surface area contributed by atoms with Gasteiger partial charge in [0, 0.05) is 10.7 Å². The third-order valence-corrected chi connectivity index (χ3v) is 4.35. The molecule has 0 aliphatic rings. The lowest BCUT2D eigenvalue weighted by atomic mass is 10.0. The van der Waals surface area contributed by atoms with Crippen molar-refractivity contribution in [2.45, 2.75) is 38.6 Å². The Bertz CT molecular complexity index is 461. The van der Waals surface area contributed by atoms with Crippen molar-refractivity contribution in [2.24, 2.45) is 0 Å². The summed E-state index contributed by atoms with van der Waals surface area (Å²) in [6.07, 6.45) is 5.02. The van der Waals surface area contributed by atoms with Crippen molar-refractivity contribution in [2.75, 3.05) is 7.05 Å². The Kier molecular flexibility index (Phi) is 4.57. The van der Waals surface area contributed by atoms with Crippen molar-refractivity contribution in [3.8, 4) is 0 Å². The standard InChI is InChI=1S/C15H21NS/c1-3-4-7-13(16-2)10-12-11-17-15-9-6-5-8-14(12)15/h5-6,8-9,11,13,16H,3-4,7,10H2,1-2H3. The van der Waals surface area contributed by atoms with Gasteiger partial charge in [0.1, 0.15) is 0 Å². The lowest BCUT2D eigenvalue weighted by molar-refractivity contribution is 0.500. The molecule has 0 amide bonds. The maximum atomic E-state index is 3.44. The smallest absolute Gasteiger partial charge is 0.0345 e. The van der Waals surface area contributed by atoms with E-state index in [1.54, 1.807) is 0 Å². The summed E-state index contributed by atoms with van der Waals surface area (Å²) in [5, 5.41) is 7.20. The van der Waals surface area contributed by atoms with Gasteiger partial charge in [0.15, 0.2) is 0 Å². The number of rotatable bonds is 6. The molecule has 1 unspecified atom stereocenters. The third kappa shape index (κ3) is 3.08. The fourth-order valence-corrected chi connectivity index (χ4v) is 3.23. The molecule has 0 saturated heterocycles. The van der Waals surface area contributed by atoms with Crippen LogP contribution in [0, 0.1) is 0 Å². The Morgan fingerprint density at radius 3 is 2.88 bits per heavy atom. The number of hydrogen-bond donors (Lipinski definition) is 1. The SMILES string of the molecule is CCCCC(Cc1csc2ccccc12)NC. The van der Waals surface area contributed by atoms with Gasteiger partial charge in [-0.15, -0.1) is 11.3 Å². The first kappa shape index (κ1) is 12.6. The number of thiophene rings is 1. The van der Waals surface area contributed by atoms with Crippen molar-refractivity contribution in [1.82, 2.24) is 5.32 Å². The van der Waals surface area contributed by atoms with Gasteiger partial charge >= 0.3 is 0 Å². The Balaban J connectivity index is 2.11. The Morgan fingerprint density at radius 2 is 2.12 bits per heavy atom. The molecule has 1 heterocycles. The molecular formula is C15H21NS. The molecule has 1 aromatic heterocycles. The molecule has 0 radical (unpaired) electrons. The van der Waals surface area contributed by atoms with Crippen molar-refractivity contribution >= 4 is 21.4 Å². The molecule has 92 valence electrons. The summed E-state index contributed by atoms with van der Waals surface area (Å²) in [5.74, 6) is 0. The second-order valence-corrected chi connectivity index (χ2v) is 5.50. The van der Waals surface area contributed by atoms with Crippen LogP contribution in [-0.2, 0) is 6.42 Å². The minimum Gasteiger partial charge on any atom is -0.317 e. The van der Waals surface area contributed by atoms with Gasteiger partial charge in [-0.05, 0) is 42.3 Å². The second kappa shape index (κ2) is 6.18. The summed E-state index contributed by atoms with van der Waals surface area (Å²) < 4.78 is 1.41. The number of nitrogens with one attached hydrogen (secondary N) is 1. The van der Waals surface area contributed by atoms with E-state index in [0.29, 0.717) is 6.04 Å². The van der Waals surface area contributed by atoms with E-state index >= 15 is 0 Å². The first-order valence-corrected chi connectivity index (χ1v) is 7.35. The highest BCUT2D eigenvalue weighted by Crippen LogP contribution is 2.27. The van der Waals surface area contributed by atoms with Crippen LogP contribution < -0.4 is 5.32 Å². The van der Waals surface area contributed by atoms with Crippen LogP contribution in [0.3, 0.4) is 0 Å². The Morgan fingerprint density at radius 1 is 1.29 bits per heavy atom. The van der Waals surface area contributed by atoms with E-state index in [4.69, 9.17) is 0 Å². The van der Waals surface area contributed by atoms with Gasteiger partial charge in [0.25, 0.3) is 0 Å². The van der Waals surface area contributed by atoms with E-state index in [1.165, 1.54) is 34.9 Å². The third-order valence-electron chi connectivity index (χ3n) is 3.34. The van der Waals surface area contributed by atoms with Gasteiger partial charge in [-0.2, -0.15) is 0 Å². The molecule has 17 heavy (non-hydrogen) atoms. The Hall–Kier alpha value is -0.860. The van der Waals surface area contributed by atoms with Crippen molar-refractivity contribution in [1.29, 1.82) is 0 Å². The first-order chi connectivity index (χ1) is 8.35. The van der Waals surface area contributed by atoms with Crippen molar-refractivity contribution in [3.05, 3.63) is 35.2 Å². The molecule has 0 spiro atoms. The van der Waals surface area contributed by atoms with Crippen molar-refractivity contribution < 1.29 is 0 Å². The molecule has 1 N–H and O–H groups in total.